The highest BCUT2D eigenvalue weighted by Crippen LogP contribution is 2.32. The third-order valence-electron chi connectivity index (χ3n) is 3.50. The Morgan fingerprint density at radius 2 is 1.93 bits per heavy atom. The lowest BCUT2D eigenvalue weighted by Crippen LogP contribution is -2.09. The standard InChI is InChI=1S/C19H14ClF3N2OS/c20-17-5-2-12-24-18(17)26-15-9-7-14(8-10-15)25-27-16-4-1-3-13(6-11-16)19(21,22)23/h1-10,12,25H,11H2. The molecule has 1 aliphatic rings. The Morgan fingerprint density at radius 1 is 1.15 bits per heavy atom. The van der Waals surface area contributed by atoms with Crippen LogP contribution in [0.2, 0.25) is 5.02 Å². The number of aromatic nitrogens is 1. The molecule has 1 aromatic heterocycles. The molecule has 1 aliphatic carbocycles. The van der Waals surface area contributed by atoms with Crippen LogP contribution in [0.3, 0.4) is 0 Å². The number of alkyl halides is 3. The number of allylic oxidation sites excluding steroid dienone is 6. The molecule has 0 fully saturated rings. The largest absolute Gasteiger partial charge is 0.438 e. The van der Waals surface area contributed by atoms with Gasteiger partial charge in [-0.1, -0.05) is 35.9 Å². The minimum Gasteiger partial charge on any atom is -0.438 e. The van der Waals surface area contributed by atoms with Gasteiger partial charge in [-0.05, 0) is 54.8 Å². The van der Waals surface area contributed by atoms with Crippen LogP contribution in [0.4, 0.5) is 18.9 Å². The molecule has 3 nitrogen and oxygen atoms in total. The Balaban J connectivity index is 1.57. The highest BCUT2D eigenvalue weighted by atomic mass is 35.5. The van der Waals surface area contributed by atoms with Crippen LogP contribution in [-0.4, -0.2) is 11.2 Å². The number of rotatable bonds is 5. The van der Waals surface area contributed by atoms with Crippen molar-refractivity contribution in [1.82, 2.24) is 4.98 Å². The predicted molar refractivity (Wildman–Crippen MR) is 103 cm³/mol. The molecule has 2 aromatic rings. The normalized spacial score (nSPS) is 14.2. The molecule has 0 radical (unpaired) electrons. The van der Waals surface area contributed by atoms with Crippen LogP contribution in [0.5, 0.6) is 11.6 Å². The summed E-state index contributed by atoms with van der Waals surface area (Å²) in [7, 11) is 0. The third-order valence-corrected chi connectivity index (χ3v) is 4.69. The fraction of sp³-hybridized carbons (Fsp3) is 0.105. The van der Waals surface area contributed by atoms with E-state index in [1.807, 2.05) is 0 Å². The van der Waals surface area contributed by atoms with Crippen molar-refractivity contribution in [3.63, 3.8) is 0 Å². The second kappa shape index (κ2) is 8.54. The molecule has 3 rings (SSSR count). The number of ether oxygens (including phenoxy) is 1. The molecule has 0 atom stereocenters. The Morgan fingerprint density at radius 3 is 2.63 bits per heavy atom. The lowest BCUT2D eigenvalue weighted by molar-refractivity contribution is -0.0883. The first-order valence-corrected chi connectivity index (χ1v) is 9.07. The van der Waals surface area contributed by atoms with Crippen LogP contribution in [0.25, 0.3) is 0 Å². The van der Waals surface area contributed by atoms with Crippen LogP contribution in [0, 0.1) is 0 Å². The van der Waals surface area contributed by atoms with Crippen molar-refractivity contribution in [2.75, 3.05) is 4.72 Å². The van der Waals surface area contributed by atoms with Gasteiger partial charge in [-0.15, -0.1) is 0 Å². The van der Waals surface area contributed by atoms with Gasteiger partial charge in [-0.3, -0.25) is 0 Å². The lowest BCUT2D eigenvalue weighted by atomic mass is 10.2. The number of hydrogen-bond donors (Lipinski definition) is 1. The van der Waals surface area contributed by atoms with E-state index in [0.29, 0.717) is 16.7 Å². The highest BCUT2D eigenvalue weighted by Gasteiger charge is 2.31. The van der Waals surface area contributed by atoms with Crippen molar-refractivity contribution in [2.24, 2.45) is 0 Å². The van der Waals surface area contributed by atoms with E-state index in [0.717, 1.165) is 16.7 Å². The molecule has 0 unspecified atom stereocenters. The lowest BCUT2D eigenvalue weighted by Gasteiger charge is -2.09. The summed E-state index contributed by atoms with van der Waals surface area (Å²) in [6, 6.07) is 10.5. The summed E-state index contributed by atoms with van der Waals surface area (Å²) in [5.41, 5.74) is 0.151. The number of halogens is 4. The van der Waals surface area contributed by atoms with E-state index < -0.39 is 11.7 Å². The monoisotopic (exact) mass is 410 g/mol. The summed E-state index contributed by atoms with van der Waals surface area (Å²) in [5.74, 6) is 0.887. The molecule has 0 saturated heterocycles. The van der Waals surface area contributed by atoms with Crippen molar-refractivity contribution in [3.05, 3.63) is 82.4 Å². The molecule has 0 aliphatic heterocycles. The topological polar surface area (TPSA) is 34.1 Å². The molecule has 0 spiro atoms. The summed E-state index contributed by atoms with van der Waals surface area (Å²) in [6.07, 6.45) is 2.78. The molecule has 1 heterocycles. The molecule has 0 amide bonds. The zero-order valence-corrected chi connectivity index (χ0v) is 15.4. The van der Waals surface area contributed by atoms with Crippen LogP contribution >= 0.6 is 23.5 Å². The molecule has 8 heteroatoms. The van der Waals surface area contributed by atoms with Crippen molar-refractivity contribution >= 4 is 29.2 Å². The van der Waals surface area contributed by atoms with Gasteiger partial charge in [0.2, 0.25) is 5.88 Å². The molecule has 1 aromatic carbocycles. The molecule has 140 valence electrons. The fourth-order valence-corrected chi connectivity index (χ4v) is 3.02. The number of nitrogens with one attached hydrogen (secondary N) is 1. The summed E-state index contributed by atoms with van der Waals surface area (Å²) in [6.45, 7) is 0. The number of pyridine rings is 1. The van der Waals surface area contributed by atoms with Gasteiger partial charge in [0.25, 0.3) is 0 Å². The van der Waals surface area contributed by atoms with Gasteiger partial charge in [0, 0.05) is 16.8 Å². The van der Waals surface area contributed by atoms with E-state index in [9.17, 15) is 13.2 Å². The highest BCUT2D eigenvalue weighted by molar-refractivity contribution is 8.04. The maximum Gasteiger partial charge on any atom is 0.416 e. The van der Waals surface area contributed by atoms with E-state index in [-0.39, 0.29) is 6.42 Å². The average molecular weight is 411 g/mol. The van der Waals surface area contributed by atoms with E-state index in [4.69, 9.17) is 16.3 Å². The molecule has 0 saturated carbocycles. The molecular weight excluding hydrogens is 397 g/mol. The van der Waals surface area contributed by atoms with Crippen molar-refractivity contribution in [2.45, 2.75) is 12.6 Å². The second-order valence-electron chi connectivity index (χ2n) is 5.47. The number of anilines is 1. The van der Waals surface area contributed by atoms with Gasteiger partial charge in [0.05, 0.1) is 5.57 Å². The van der Waals surface area contributed by atoms with E-state index in [1.165, 1.54) is 24.1 Å². The minimum absolute atomic E-state index is 0.207. The first-order chi connectivity index (χ1) is 12.9. The SMILES string of the molecule is FC(F)(F)C1=CCC(SNc2ccc(Oc3ncccc3Cl)cc2)=CC=C1. The Hall–Kier alpha value is -2.38. The zero-order valence-electron chi connectivity index (χ0n) is 13.8. The average Bonchev–Trinajstić information content (AvgIpc) is 2.89. The first kappa shape index (κ1) is 19.4. The smallest absolute Gasteiger partial charge is 0.416 e. The van der Waals surface area contributed by atoms with E-state index in [2.05, 4.69) is 9.71 Å². The summed E-state index contributed by atoms with van der Waals surface area (Å²) in [5, 5.41) is 0.412. The van der Waals surface area contributed by atoms with Crippen LogP contribution in [-0.2, 0) is 0 Å². The summed E-state index contributed by atoms with van der Waals surface area (Å²) in [4.78, 5) is 4.82. The minimum atomic E-state index is -4.33. The summed E-state index contributed by atoms with van der Waals surface area (Å²) >= 11 is 7.27. The van der Waals surface area contributed by atoms with Gasteiger partial charge >= 0.3 is 6.18 Å². The van der Waals surface area contributed by atoms with Gasteiger partial charge < -0.3 is 9.46 Å². The number of benzene rings is 1. The Kier molecular flexibility index (Phi) is 6.13. The van der Waals surface area contributed by atoms with Gasteiger partial charge in [0.1, 0.15) is 10.8 Å². The van der Waals surface area contributed by atoms with Crippen molar-refractivity contribution in [3.8, 4) is 11.6 Å². The third kappa shape index (κ3) is 5.55. The van der Waals surface area contributed by atoms with Gasteiger partial charge in [-0.2, -0.15) is 13.2 Å². The van der Waals surface area contributed by atoms with E-state index >= 15 is 0 Å². The Bertz CT molecular complexity index is 893. The zero-order chi connectivity index (χ0) is 19.3. The van der Waals surface area contributed by atoms with Crippen molar-refractivity contribution < 1.29 is 17.9 Å². The maximum atomic E-state index is 12.7. The summed E-state index contributed by atoms with van der Waals surface area (Å²) < 4.78 is 46.9. The maximum absolute atomic E-state index is 12.7. The van der Waals surface area contributed by atoms with Crippen LogP contribution < -0.4 is 9.46 Å². The molecule has 27 heavy (non-hydrogen) atoms. The number of nitrogens with zero attached hydrogens (tertiary/aromatic N) is 1. The molecule has 0 bridgehead atoms. The predicted octanol–water partition coefficient (Wildman–Crippen LogP) is 6.92. The fourth-order valence-electron chi connectivity index (χ4n) is 2.17. The Labute approximate surface area is 163 Å². The van der Waals surface area contributed by atoms with Gasteiger partial charge in [0.15, 0.2) is 0 Å². The first-order valence-electron chi connectivity index (χ1n) is 7.88. The van der Waals surface area contributed by atoms with Crippen LogP contribution in [0.15, 0.2) is 77.4 Å². The molecule has 1 N–H and O–H groups in total. The van der Waals surface area contributed by atoms with Gasteiger partial charge in [-0.25, -0.2) is 4.98 Å². The molecular formula is C19H14ClF3N2OS. The second-order valence-corrected chi connectivity index (χ2v) is 6.81. The van der Waals surface area contributed by atoms with Crippen LogP contribution in [0.1, 0.15) is 6.42 Å². The van der Waals surface area contributed by atoms with E-state index in [1.54, 1.807) is 48.7 Å². The quantitative estimate of drug-likeness (QED) is 0.542. The number of hydrogen-bond acceptors (Lipinski definition) is 4. The van der Waals surface area contributed by atoms with Crippen molar-refractivity contribution in [1.29, 1.82) is 0 Å².